The molecule has 2 aromatic carbocycles. The van der Waals surface area contributed by atoms with Crippen LogP contribution in [0.5, 0.6) is 5.75 Å². The van der Waals surface area contributed by atoms with Crippen molar-refractivity contribution in [3.05, 3.63) is 99.2 Å². The van der Waals surface area contributed by atoms with Crippen molar-refractivity contribution in [3.63, 3.8) is 0 Å². The van der Waals surface area contributed by atoms with E-state index < -0.39 is 5.97 Å². The number of halogens is 1. The zero-order valence-electron chi connectivity index (χ0n) is 19.5. The molecule has 1 amide bonds. The summed E-state index contributed by atoms with van der Waals surface area (Å²) in [5.74, 6) is 0.466. The molecule has 0 aliphatic rings. The van der Waals surface area contributed by atoms with Gasteiger partial charge in [-0.1, -0.05) is 12.1 Å². The second-order valence-electron chi connectivity index (χ2n) is 7.87. The van der Waals surface area contributed by atoms with Crippen molar-refractivity contribution < 1.29 is 23.5 Å². The van der Waals surface area contributed by atoms with Crippen molar-refractivity contribution in [2.24, 2.45) is 0 Å². The highest BCUT2D eigenvalue weighted by atomic mass is 79.9. The van der Waals surface area contributed by atoms with E-state index in [1.54, 1.807) is 36.4 Å². The van der Waals surface area contributed by atoms with Crippen LogP contribution in [0.25, 0.3) is 0 Å². The number of benzene rings is 2. The molecule has 180 valence electrons. The number of methoxy groups -OCH3 is 1. The molecule has 0 bridgehead atoms. The van der Waals surface area contributed by atoms with E-state index in [2.05, 4.69) is 31.1 Å². The molecule has 0 aliphatic carbocycles. The molecule has 0 atom stereocenters. The molecule has 4 aromatic rings. The Balaban J connectivity index is 1.35. The largest absolute Gasteiger partial charge is 0.486 e. The molecule has 4 rings (SSSR count). The Morgan fingerprint density at radius 1 is 1.09 bits per heavy atom. The van der Waals surface area contributed by atoms with Crippen molar-refractivity contribution in [2.75, 3.05) is 12.4 Å². The molecule has 0 saturated carbocycles. The van der Waals surface area contributed by atoms with Crippen molar-refractivity contribution in [1.29, 1.82) is 0 Å². The van der Waals surface area contributed by atoms with Crippen LogP contribution >= 0.6 is 15.9 Å². The number of amides is 1. The van der Waals surface area contributed by atoms with E-state index in [0.29, 0.717) is 29.3 Å². The molecule has 0 radical (unpaired) electrons. The number of aryl methyl sites for hydroxylation is 1. The lowest BCUT2D eigenvalue weighted by molar-refractivity contribution is 0.0600. The number of anilines is 1. The maximum atomic E-state index is 12.7. The molecule has 35 heavy (non-hydrogen) atoms. The molecular weight excluding hydrogens is 514 g/mol. The summed E-state index contributed by atoms with van der Waals surface area (Å²) in [6.45, 7) is 4.68. The quantitative estimate of drug-likeness (QED) is 0.297. The third kappa shape index (κ3) is 5.81. The number of hydrogen-bond donors (Lipinski definition) is 1. The van der Waals surface area contributed by atoms with Gasteiger partial charge in [0.15, 0.2) is 5.76 Å². The zero-order chi connectivity index (χ0) is 24.9. The van der Waals surface area contributed by atoms with Gasteiger partial charge in [0.05, 0.1) is 35.1 Å². The summed E-state index contributed by atoms with van der Waals surface area (Å²) < 4.78 is 18.9. The SMILES string of the molecule is COC(=O)c1ccc(OCc2ccc(C(=O)Nc3cccc(Cn4nc(C)c(Br)c4C)c3)o2)cc1. The fourth-order valence-corrected chi connectivity index (χ4v) is 3.76. The van der Waals surface area contributed by atoms with E-state index in [1.165, 1.54) is 7.11 Å². The number of nitrogens with one attached hydrogen (secondary N) is 1. The van der Waals surface area contributed by atoms with Crippen molar-refractivity contribution in [3.8, 4) is 5.75 Å². The number of carbonyl (C=O) groups is 2. The molecule has 0 spiro atoms. The summed E-state index contributed by atoms with van der Waals surface area (Å²) in [6.07, 6.45) is 0. The fraction of sp³-hybridized carbons (Fsp3) is 0.192. The Bertz CT molecular complexity index is 1360. The van der Waals surface area contributed by atoms with E-state index in [0.717, 1.165) is 21.4 Å². The van der Waals surface area contributed by atoms with Gasteiger partial charge in [0.25, 0.3) is 5.91 Å². The van der Waals surface area contributed by atoms with Crippen LogP contribution in [-0.4, -0.2) is 28.8 Å². The first-order valence-electron chi connectivity index (χ1n) is 10.8. The maximum Gasteiger partial charge on any atom is 0.337 e. The normalized spacial score (nSPS) is 10.7. The number of rotatable bonds is 8. The van der Waals surface area contributed by atoms with Crippen LogP contribution in [0.3, 0.4) is 0 Å². The molecular formula is C26H24BrN3O5. The molecule has 0 aliphatic heterocycles. The lowest BCUT2D eigenvalue weighted by atomic mass is 10.2. The highest BCUT2D eigenvalue weighted by molar-refractivity contribution is 9.10. The van der Waals surface area contributed by atoms with Crippen LogP contribution in [0.4, 0.5) is 5.69 Å². The van der Waals surface area contributed by atoms with Gasteiger partial charge in [0.2, 0.25) is 0 Å². The Labute approximate surface area is 211 Å². The summed E-state index contributed by atoms with van der Waals surface area (Å²) in [6, 6.07) is 17.5. The summed E-state index contributed by atoms with van der Waals surface area (Å²) in [5.41, 5.74) is 4.08. The number of nitrogens with zero attached hydrogens (tertiary/aromatic N) is 2. The average Bonchev–Trinajstić information content (AvgIpc) is 3.44. The van der Waals surface area contributed by atoms with Gasteiger partial charge in [-0.15, -0.1) is 0 Å². The smallest absolute Gasteiger partial charge is 0.337 e. The lowest BCUT2D eigenvalue weighted by Crippen LogP contribution is -2.11. The lowest BCUT2D eigenvalue weighted by Gasteiger charge is -2.08. The van der Waals surface area contributed by atoms with Crippen molar-refractivity contribution in [2.45, 2.75) is 27.0 Å². The van der Waals surface area contributed by atoms with Gasteiger partial charge < -0.3 is 19.2 Å². The van der Waals surface area contributed by atoms with Crippen LogP contribution in [0.1, 0.15) is 43.6 Å². The first kappa shape index (κ1) is 24.3. The molecule has 2 heterocycles. The zero-order valence-corrected chi connectivity index (χ0v) is 21.1. The van der Waals surface area contributed by atoms with Crippen LogP contribution < -0.4 is 10.1 Å². The molecule has 2 aromatic heterocycles. The minimum Gasteiger partial charge on any atom is -0.486 e. The van der Waals surface area contributed by atoms with Crippen molar-refractivity contribution >= 4 is 33.5 Å². The van der Waals surface area contributed by atoms with Gasteiger partial charge in [-0.05, 0) is 83.9 Å². The molecule has 0 fully saturated rings. The number of esters is 1. The number of carbonyl (C=O) groups excluding carboxylic acids is 2. The van der Waals surface area contributed by atoms with Gasteiger partial charge in [0.1, 0.15) is 18.1 Å². The van der Waals surface area contributed by atoms with Crippen LogP contribution in [0, 0.1) is 13.8 Å². The third-order valence-electron chi connectivity index (χ3n) is 5.35. The Hall–Kier alpha value is -3.85. The Morgan fingerprint density at radius 2 is 1.86 bits per heavy atom. The number of furan rings is 1. The van der Waals surface area contributed by atoms with Crippen LogP contribution in [-0.2, 0) is 17.9 Å². The summed E-state index contributed by atoms with van der Waals surface area (Å²) in [7, 11) is 1.33. The van der Waals surface area contributed by atoms with Crippen molar-refractivity contribution in [1.82, 2.24) is 9.78 Å². The van der Waals surface area contributed by atoms with E-state index in [-0.39, 0.29) is 18.3 Å². The minimum absolute atomic E-state index is 0.137. The van der Waals surface area contributed by atoms with E-state index in [1.807, 2.05) is 42.8 Å². The van der Waals surface area contributed by atoms with Gasteiger partial charge in [0, 0.05) is 5.69 Å². The van der Waals surface area contributed by atoms with E-state index in [9.17, 15) is 9.59 Å². The highest BCUT2D eigenvalue weighted by Gasteiger charge is 2.14. The molecule has 8 nitrogen and oxygen atoms in total. The fourth-order valence-electron chi connectivity index (χ4n) is 3.48. The minimum atomic E-state index is -0.413. The summed E-state index contributed by atoms with van der Waals surface area (Å²) >= 11 is 3.55. The first-order chi connectivity index (χ1) is 16.8. The number of aromatic nitrogens is 2. The molecule has 1 N–H and O–H groups in total. The van der Waals surface area contributed by atoms with Gasteiger partial charge in [-0.2, -0.15) is 5.10 Å². The predicted molar refractivity (Wildman–Crippen MR) is 134 cm³/mol. The average molecular weight is 538 g/mol. The summed E-state index contributed by atoms with van der Waals surface area (Å²) in [5, 5.41) is 7.41. The molecule has 0 unspecified atom stereocenters. The Morgan fingerprint density at radius 3 is 2.54 bits per heavy atom. The van der Waals surface area contributed by atoms with E-state index >= 15 is 0 Å². The predicted octanol–water partition coefficient (Wildman–Crippen LogP) is 5.52. The third-order valence-corrected chi connectivity index (χ3v) is 6.50. The second kappa shape index (κ2) is 10.6. The summed E-state index contributed by atoms with van der Waals surface area (Å²) in [4.78, 5) is 24.2. The highest BCUT2D eigenvalue weighted by Crippen LogP contribution is 2.22. The van der Waals surface area contributed by atoms with Gasteiger partial charge in [-0.3, -0.25) is 9.48 Å². The maximum absolute atomic E-state index is 12.7. The van der Waals surface area contributed by atoms with Crippen LogP contribution in [0.15, 0.2) is 69.6 Å². The Kier molecular flexibility index (Phi) is 7.36. The first-order valence-corrected chi connectivity index (χ1v) is 11.6. The van der Waals surface area contributed by atoms with E-state index in [4.69, 9.17) is 9.15 Å². The number of ether oxygens (including phenoxy) is 2. The standard InChI is InChI=1S/C26H24BrN3O5/c1-16-24(27)17(2)30(29-16)14-18-5-4-6-20(13-18)28-25(31)23-12-11-22(35-23)15-34-21-9-7-19(8-10-21)26(32)33-3/h4-13H,14-15H2,1-3H3,(H,28,31). The van der Waals surface area contributed by atoms with Gasteiger partial charge >= 0.3 is 5.97 Å². The van der Waals surface area contributed by atoms with Gasteiger partial charge in [-0.25, -0.2) is 4.79 Å². The number of hydrogen-bond acceptors (Lipinski definition) is 6. The monoisotopic (exact) mass is 537 g/mol. The molecule has 9 heteroatoms. The second-order valence-corrected chi connectivity index (χ2v) is 8.66. The van der Waals surface area contributed by atoms with Crippen LogP contribution in [0.2, 0.25) is 0 Å². The topological polar surface area (TPSA) is 95.6 Å². The molecule has 0 saturated heterocycles.